The van der Waals surface area contributed by atoms with Crippen molar-refractivity contribution in [2.24, 2.45) is 0 Å². The molecule has 10 nitrogen and oxygen atoms in total. The van der Waals surface area contributed by atoms with E-state index in [1.165, 1.54) is 13.4 Å². The van der Waals surface area contributed by atoms with Crippen LogP contribution in [0.4, 0.5) is 28.7 Å². The number of esters is 1. The van der Waals surface area contributed by atoms with Crippen LogP contribution < -0.4 is 15.1 Å². The molecule has 4 rings (SSSR count). The van der Waals surface area contributed by atoms with Crippen LogP contribution in [0.5, 0.6) is 0 Å². The molecule has 1 aromatic heterocycles. The Balaban J connectivity index is 1.60. The highest BCUT2D eigenvalue weighted by molar-refractivity contribution is 5.96. The van der Waals surface area contributed by atoms with Crippen LogP contribution in [0.3, 0.4) is 0 Å². The number of benzene rings is 2. The third kappa shape index (κ3) is 4.29. The number of aromatic nitrogens is 2. The maximum absolute atomic E-state index is 12.1. The number of nitro groups is 1. The van der Waals surface area contributed by atoms with Crippen LogP contribution in [0.2, 0.25) is 0 Å². The first-order valence-corrected chi connectivity index (χ1v) is 10.1. The molecule has 1 fully saturated rings. The van der Waals surface area contributed by atoms with Crippen molar-refractivity contribution >= 4 is 34.7 Å². The molecule has 10 heteroatoms. The van der Waals surface area contributed by atoms with Gasteiger partial charge >= 0.3 is 11.7 Å². The number of anilines is 4. The normalized spacial score (nSPS) is 13.5. The van der Waals surface area contributed by atoms with E-state index in [4.69, 9.17) is 4.74 Å². The van der Waals surface area contributed by atoms with Gasteiger partial charge in [0.05, 0.1) is 23.3 Å². The van der Waals surface area contributed by atoms with Gasteiger partial charge in [-0.05, 0) is 24.3 Å². The minimum absolute atomic E-state index is 0.0156. The average molecular weight is 434 g/mol. The Labute approximate surface area is 184 Å². The zero-order valence-electron chi connectivity index (χ0n) is 17.5. The predicted molar refractivity (Wildman–Crippen MR) is 121 cm³/mol. The topological polar surface area (TPSA) is 114 Å². The maximum atomic E-state index is 12.1. The third-order valence-corrected chi connectivity index (χ3v) is 5.27. The van der Waals surface area contributed by atoms with Gasteiger partial charge in [0.1, 0.15) is 6.33 Å². The van der Waals surface area contributed by atoms with Crippen LogP contribution in [-0.2, 0) is 4.74 Å². The molecule has 0 atom stereocenters. The second-order valence-corrected chi connectivity index (χ2v) is 7.12. The number of nitrogens with zero attached hydrogens (tertiary/aromatic N) is 5. The van der Waals surface area contributed by atoms with Crippen LogP contribution in [0.25, 0.3) is 0 Å². The summed E-state index contributed by atoms with van der Waals surface area (Å²) in [5.74, 6) is -0.292. The smallest absolute Gasteiger partial charge is 0.353 e. The van der Waals surface area contributed by atoms with E-state index in [1.807, 2.05) is 35.2 Å². The van der Waals surface area contributed by atoms with Gasteiger partial charge in [-0.1, -0.05) is 30.3 Å². The van der Waals surface area contributed by atoms with Crippen molar-refractivity contribution < 1.29 is 14.5 Å². The van der Waals surface area contributed by atoms with E-state index in [-0.39, 0.29) is 22.9 Å². The molecule has 1 saturated heterocycles. The molecule has 1 N–H and O–H groups in total. The van der Waals surface area contributed by atoms with Crippen molar-refractivity contribution in [3.8, 4) is 0 Å². The molecule has 0 radical (unpaired) electrons. The summed E-state index contributed by atoms with van der Waals surface area (Å²) in [4.78, 5) is 36.0. The summed E-state index contributed by atoms with van der Waals surface area (Å²) >= 11 is 0. The van der Waals surface area contributed by atoms with Crippen LogP contribution in [0.15, 0.2) is 60.9 Å². The molecule has 0 bridgehead atoms. The Bertz CT molecular complexity index is 1120. The van der Waals surface area contributed by atoms with Gasteiger partial charge in [0.15, 0.2) is 0 Å². The monoisotopic (exact) mass is 434 g/mol. The number of hydrogen-bond donors (Lipinski definition) is 1. The fourth-order valence-corrected chi connectivity index (χ4v) is 3.68. The number of nitrogens with one attached hydrogen (secondary N) is 1. The largest absolute Gasteiger partial charge is 0.465 e. The first-order chi connectivity index (χ1) is 15.6. The Hall–Kier alpha value is -4.21. The summed E-state index contributed by atoms with van der Waals surface area (Å²) in [6.07, 6.45) is 1.29. The first kappa shape index (κ1) is 21.0. The highest BCUT2D eigenvalue weighted by Crippen LogP contribution is 2.35. The number of rotatable bonds is 6. The van der Waals surface area contributed by atoms with E-state index in [1.54, 1.807) is 24.3 Å². The van der Waals surface area contributed by atoms with Gasteiger partial charge in [0, 0.05) is 31.9 Å². The molecule has 1 aliphatic heterocycles. The maximum Gasteiger partial charge on any atom is 0.353 e. The summed E-state index contributed by atoms with van der Waals surface area (Å²) in [6, 6.07) is 16.6. The van der Waals surface area contributed by atoms with Gasteiger partial charge in [0.2, 0.25) is 11.6 Å². The van der Waals surface area contributed by atoms with Gasteiger partial charge in [-0.15, -0.1) is 0 Å². The molecule has 0 saturated carbocycles. The second-order valence-electron chi connectivity index (χ2n) is 7.12. The Morgan fingerprint density at radius 2 is 1.66 bits per heavy atom. The molecule has 0 unspecified atom stereocenters. The number of carbonyl (C=O) groups is 1. The molecule has 2 aromatic carbocycles. The molecule has 32 heavy (non-hydrogen) atoms. The number of piperazine rings is 1. The molecular formula is C22H22N6O4. The molecule has 2 heterocycles. The van der Waals surface area contributed by atoms with E-state index in [2.05, 4.69) is 20.2 Å². The van der Waals surface area contributed by atoms with E-state index < -0.39 is 10.9 Å². The summed E-state index contributed by atoms with van der Waals surface area (Å²) < 4.78 is 4.80. The summed E-state index contributed by atoms with van der Waals surface area (Å²) in [6.45, 7) is 2.56. The second kappa shape index (κ2) is 9.29. The lowest BCUT2D eigenvalue weighted by Crippen LogP contribution is -2.47. The van der Waals surface area contributed by atoms with Gasteiger partial charge in [-0.3, -0.25) is 10.1 Å². The lowest BCUT2D eigenvalue weighted by Gasteiger charge is -2.36. The highest BCUT2D eigenvalue weighted by Gasteiger charge is 2.30. The lowest BCUT2D eigenvalue weighted by molar-refractivity contribution is -0.383. The van der Waals surface area contributed by atoms with Crippen molar-refractivity contribution in [3.05, 3.63) is 76.6 Å². The van der Waals surface area contributed by atoms with Crippen LogP contribution >= 0.6 is 0 Å². The Morgan fingerprint density at radius 1 is 1.00 bits per heavy atom. The van der Waals surface area contributed by atoms with Crippen LogP contribution in [-0.4, -0.2) is 54.1 Å². The standard InChI is InChI=1S/C22H22N6O4/c1-32-22(29)17-9-5-6-10-18(17)25-20-19(28(30)31)21(24-15-23-20)27-13-11-26(12-14-27)16-7-3-2-4-8-16/h2-10,15H,11-14H2,1H3,(H,23,24,25). The van der Waals surface area contributed by atoms with Gasteiger partial charge < -0.3 is 19.9 Å². The summed E-state index contributed by atoms with van der Waals surface area (Å²) in [5.41, 5.74) is 1.49. The minimum Gasteiger partial charge on any atom is -0.465 e. The minimum atomic E-state index is -0.554. The molecule has 164 valence electrons. The van der Waals surface area contributed by atoms with Crippen molar-refractivity contribution in [1.29, 1.82) is 0 Å². The highest BCUT2D eigenvalue weighted by atomic mass is 16.6. The van der Waals surface area contributed by atoms with Crippen LogP contribution in [0.1, 0.15) is 10.4 Å². The number of ether oxygens (including phenoxy) is 1. The molecule has 0 aliphatic carbocycles. The quantitative estimate of drug-likeness (QED) is 0.355. The molecule has 3 aromatic rings. The van der Waals surface area contributed by atoms with Gasteiger partial charge in [-0.2, -0.15) is 0 Å². The van der Waals surface area contributed by atoms with Crippen molar-refractivity contribution in [2.75, 3.05) is 48.4 Å². The van der Waals surface area contributed by atoms with Crippen molar-refractivity contribution in [2.45, 2.75) is 0 Å². The molecule has 0 amide bonds. The Kier molecular flexibility index (Phi) is 6.11. The number of carbonyl (C=O) groups excluding carboxylic acids is 1. The first-order valence-electron chi connectivity index (χ1n) is 10.1. The average Bonchev–Trinajstić information content (AvgIpc) is 2.84. The summed E-state index contributed by atoms with van der Waals surface area (Å²) in [7, 11) is 1.28. The third-order valence-electron chi connectivity index (χ3n) is 5.27. The van der Waals surface area contributed by atoms with E-state index >= 15 is 0 Å². The zero-order valence-corrected chi connectivity index (χ0v) is 17.5. The van der Waals surface area contributed by atoms with Gasteiger partial charge in [0.25, 0.3) is 0 Å². The van der Waals surface area contributed by atoms with E-state index in [0.717, 1.165) is 5.69 Å². The van der Waals surface area contributed by atoms with E-state index in [9.17, 15) is 14.9 Å². The SMILES string of the molecule is COC(=O)c1ccccc1Nc1ncnc(N2CCN(c3ccccc3)CC2)c1[N+](=O)[O-]. The Morgan fingerprint density at radius 3 is 2.34 bits per heavy atom. The van der Waals surface area contributed by atoms with Crippen molar-refractivity contribution in [3.63, 3.8) is 0 Å². The number of para-hydroxylation sites is 2. The zero-order chi connectivity index (χ0) is 22.5. The van der Waals surface area contributed by atoms with Gasteiger partial charge in [-0.25, -0.2) is 14.8 Å². The number of methoxy groups -OCH3 is 1. The lowest BCUT2D eigenvalue weighted by atomic mass is 10.1. The molecule has 1 aliphatic rings. The fraction of sp³-hybridized carbons (Fsp3) is 0.227. The fourth-order valence-electron chi connectivity index (χ4n) is 3.68. The van der Waals surface area contributed by atoms with E-state index in [0.29, 0.717) is 31.9 Å². The van der Waals surface area contributed by atoms with Crippen molar-refractivity contribution in [1.82, 2.24) is 9.97 Å². The molecular weight excluding hydrogens is 412 g/mol. The van der Waals surface area contributed by atoms with Crippen LogP contribution in [0, 0.1) is 10.1 Å². The number of hydrogen-bond acceptors (Lipinski definition) is 9. The molecule has 0 spiro atoms. The predicted octanol–water partition coefficient (Wildman–Crippen LogP) is 3.24. The summed E-state index contributed by atoms with van der Waals surface area (Å²) in [5, 5.41) is 14.9.